The summed E-state index contributed by atoms with van der Waals surface area (Å²) in [6, 6.07) is 12.6. The molecule has 1 heterocycles. The van der Waals surface area contributed by atoms with Crippen molar-refractivity contribution < 1.29 is 19.1 Å². The number of anilines is 2. The predicted octanol–water partition coefficient (Wildman–Crippen LogP) is 3.47. The Labute approximate surface area is 152 Å². The van der Waals surface area contributed by atoms with Crippen LogP contribution in [0.2, 0.25) is 0 Å². The third-order valence-corrected chi connectivity index (χ3v) is 4.52. The van der Waals surface area contributed by atoms with Gasteiger partial charge in [0.05, 0.1) is 19.8 Å². The first-order chi connectivity index (χ1) is 12.5. The molecule has 0 aromatic heterocycles. The third-order valence-electron chi connectivity index (χ3n) is 4.52. The highest BCUT2D eigenvalue weighted by atomic mass is 16.5. The summed E-state index contributed by atoms with van der Waals surface area (Å²) in [5.41, 5.74) is 1.78. The van der Waals surface area contributed by atoms with Crippen molar-refractivity contribution in [2.45, 2.75) is 25.8 Å². The van der Waals surface area contributed by atoms with Crippen LogP contribution in [-0.4, -0.2) is 32.1 Å². The lowest BCUT2D eigenvalue weighted by Crippen LogP contribution is -2.30. The van der Waals surface area contributed by atoms with E-state index in [1.807, 2.05) is 25.1 Å². The number of benzene rings is 2. The van der Waals surface area contributed by atoms with Gasteiger partial charge in [0.25, 0.3) is 5.91 Å². The Morgan fingerprint density at radius 3 is 2.58 bits per heavy atom. The molecule has 1 aliphatic heterocycles. The van der Waals surface area contributed by atoms with E-state index in [2.05, 4.69) is 5.32 Å². The second kappa shape index (κ2) is 7.47. The van der Waals surface area contributed by atoms with Gasteiger partial charge in [0, 0.05) is 23.8 Å². The molecule has 1 aliphatic rings. The molecule has 0 radical (unpaired) electrons. The summed E-state index contributed by atoms with van der Waals surface area (Å²) in [6.07, 6.45) is 1.40. The van der Waals surface area contributed by atoms with E-state index in [9.17, 15) is 9.59 Å². The molecule has 3 rings (SSSR count). The van der Waals surface area contributed by atoms with Crippen molar-refractivity contribution in [2.75, 3.05) is 24.4 Å². The Hall–Kier alpha value is -3.02. The molecule has 1 atom stereocenters. The van der Waals surface area contributed by atoms with Gasteiger partial charge in [0.15, 0.2) is 11.5 Å². The van der Waals surface area contributed by atoms with Gasteiger partial charge in [0.2, 0.25) is 5.91 Å². The van der Waals surface area contributed by atoms with Gasteiger partial charge < -0.3 is 19.7 Å². The lowest BCUT2D eigenvalue weighted by atomic mass is 10.1. The highest BCUT2D eigenvalue weighted by molar-refractivity contribution is 6.07. The largest absolute Gasteiger partial charge is 0.493 e. The second-order valence-corrected chi connectivity index (χ2v) is 6.20. The zero-order chi connectivity index (χ0) is 18.7. The fourth-order valence-electron chi connectivity index (χ4n) is 3.22. The molecule has 2 amide bonds. The van der Waals surface area contributed by atoms with Crippen molar-refractivity contribution in [2.24, 2.45) is 0 Å². The Bertz CT molecular complexity index is 834. The van der Waals surface area contributed by atoms with Crippen LogP contribution in [0.3, 0.4) is 0 Å². The fourth-order valence-corrected chi connectivity index (χ4v) is 3.22. The fraction of sp³-hybridized carbons (Fsp3) is 0.300. The van der Waals surface area contributed by atoms with Crippen molar-refractivity contribution in [3.63, 3.8) is 0 Å². The van der Waals surface area contributed by atoms with E-state index in [-0.39, 0.29) is 17.9 Å². The van der Waals surface area contributed by atoms with Crippen LogP contribution in [0.5, 0.6) is 11.5 Å². The maximum absolute atomic E-state index is 12.7. The van der Waals surface area contributed by atoms with E-state index in [1.54, 1.807) is 29.2 Å². The van der Waals surface area contributed by atoms with Crippen LogP contribution < -0.4 is 19.7 Å². The molecule has 1 saturated heterocycles. The van der Waals surface area contributed by atoms with Crippen molar-refractivity contribution in [3.05, 3.63) is 48.0 Å². The Kier molecular flexibility index (Phi) is 5.11. The minimum atomic E-state index is -0.307. The molecule has 1 N–H and O–H groups in total. The second-order valence-electron chi connectivity index (χ2n) is 6.20. The molecule has 0 aliphatic carbocycles. The smallest absolute Gasteiger partial charge is 0.259 e. The van der Waals surface area contributed by atoms with Gasteiger partial charge in [-0.25, -0.2) is 0 Å². The van der Waals surface area contributed by atoms with Crippen LogP contribution >= 0.6 is 0 Å². The first kappa shape index (κ1) is 17.8. The Balaban J connectivity index is 1.85. The number of para-hydroxylation sites is 1. The summed E-state index contributed by atoms with van der Waals surface area (Å²) in [6.45, 7) is 2.03. The first-order valence-corrected chi connectivity index (χ1v) is 8.49. The molecular formula is C20H22N2O4. The Morgan fingerprint density at radius 2 is 1.92 bits per heavy atom. The first-order valence-electron chi connectivity index (χ1n) is 8.49. The van der Waals surface area contributed by atoms with E-state index in [1.165, 1.54) is 14.2 Å². The number of nitrogens with zero attached hydrogens (tertiary/aromatic N) is 1. The average molecular weight is 354 g/mol. The molecular weight excluding hydrogens is 332 g/mol. The SMILES string of the molecule is COc1cccc(C(=O)Nc2cccc(N3C(=O)CCC3C)c2)c1OC. The number of methoxy groups -OCH3 is 2. The number of ether oxygens (including phenoxy) is 2. The number of rotatable bonds is 5. The molecule has 136 valence electrons. The summed E-state index contributed by atoms with van der Waals surface area (Å²) in [5.74, 6) is 0.673. The number of amides is 2. The van der Waals surface area contributed by atoms with Gasteiger partial charge >= 0.3 is 0 Å². The molecule has 26 heavy (non-hydrogen) atoms. The lowest BCUT2D eigenvalue weighted by molar-refractivity contribution is -0.117. The number of nitrogens with one attached hydrogen (secondary N) is 1. The van der Waals surface area contributed by atoms with E-state index in [0.29, 0.717) is 29.2 Å². The van der Waals surface area contributed by atoms with E-state index >= 15 is 0 Å². The average Bonchev–Trinajstić information content (AvgIpc) is 2.99. The maximum atomic E-state index is 12.7. The summed E-state index contributed by atoms with van der Waals surface area (Å²) in [5, 5.41) is 2.87. The van der Waals surface area contributed by atoms with Crippen molar-refractivity contribution >= 4 is 23.2 Å². The quantitative estimate of drug-likeness (QED) is 0.893. The van der Waals surface area contributed by atoms with Crippen LogP contribution in [0, 0.1) is 0 Å². The van der Waals surface area contributed by atoms with Gasteiger partial charge in [-0.05, 0) is 43.7 Å². The summed E-state index contributed by atoms with van der Waals surface area (Å²) >= 11 is 0. The van der Waals surface area contributed by atoms with Crippen molar-refractivity contribution in [1.82, 2.24) is 0 Å². The normalized spacial score (nSPS) is 16.5. The minimum absolute atomic E-state index is 0.107. The topological polar surface area (TPSA) is 67.9 Å². The molecule has 0 saturated carbocycles. The molecule has 2 aromatic carbocycles. The summed E-state index contributed by atoms with van der Waals surface area (Å²) in [4.78, 5) is 26.6. The lowest BCUT2D eigenvalue weighted by Gasteiger charge is -2.22. The molecule has 2 aromatic rings. The number of carbonyl (C=O) groups excluding carboxylic acids is 2. The minimum Gasteiger partial charge on any atom is -0.493 e. The van der Waals surface area contributed by atoms with Crippen LogP contribution in [0.4, 0.5) is 11.4 Å². The van der Waals surface area contributed by atoms with E-state index in [4.69, 9.17) is 9.47 Å². The maximum Gasteiger partial charge on any atom is 0.259 e. The van der Waals surface area contributed by atoms with Gasteiger partial charge in [-0.3, -0.25) is 9.59 Å². The van der Waals surface area contributed by atoms with Gasteiger partial charge in [-0.1, -0.05) is 12.1 Å². The van der Waals surface area contributed by atoms with Gasteiger partial charge in [-0.15, -0.1) is 0 Å². The third kappa shape index (κ3) is 3.35. The molecule has 0 spiro atoms. The standard InChI is InChI=1S/C20H22N2O4/c1-13-10-11-18(23)22(13)15-7-4-6-14(12-15)21-20(24)16-8-5-9-17(25-2)19(16)26-3/h4-9,12-13H,10-11H2,1-3H3,(H,21,24). The summed E-state index contributed by atoms with van der Waals surface area (Å²) in [7, 11) is 3.02. The Morgan fingerprint density at radius 1 is 1.15 bits per heavy atom. The van der Waals surface area contributed by atoms with Crippen LogP contribution in [0.15, 0.2) is 42.5 Å². The molecule has 1 fully saturated rings. The molecule has 6 heteroatoms. The van der Waals surface area contributed by atoms with Gasteiger partial charge in [0.1, 0.15) is 0 Å². The van der Waals surface area contributed by atoms with Crippen LogP contribution in [0.25, 0.3) is 0 Å². The molecule has 0 bridgehead atoms. The van der Waals surface area contributed by atoms with Crippen molar-refractivity contribution in [1.29, 1.82) is 0 Å². The zero-order valence-corrected chi connectivity index (χ0v) is 15.1. The van der Waals surface area contributed by atoms with E-state index < -0.39 is 0 Å². The zero-order valence-electron chi connectivity index (χ0n) is 15.1. The molecule has 1 unspecified atom stereocenters. The van der Waals surface area contributed by atoms with Crippen LogP contribution in [0.1, 0.15) is 30.1 Å². The number of carbonyl (C=O) groups is 2. The number of hydrogen-bond acceptors (Lipinski definition) is 4. The highest BCUT2D eigenvalue weighted by Crippen LogP contribution is 2.32. The predicted molar refractivity (Wildman–Crippen MR) is 100 cm³/mol. The van der Waals surface area contributed by atoms with Gasteiger partial charge in [-0.2, -0.15) is 0 Å². The highest BCUT2D eigenvalue weighted by Gasteiger charge is 2.28. The number of hydrogen-bond donors (Lipinski definition) is 1. The van der Waals surface area contributed by atoms with Crippen molar-refractivity contribution in [3.8, 4) is 11.5 Å². The van der Waals surface area contributed by atoms with Crippen LogP contribution in [-0.2, 0) is 4.79 Å². The monoisotopic (exact) mass is 354 g/mol. The van der Waals surface area contributed by atoms with E-state index in [0.717, 1.165) is 12.1 Å². The summed E-state index contributed by atoms with van der Waals surface area (Å²) < 4.78 is 10.6. The molecule has 6 nitrogen and oxygen atoms in total.